The molecule has 28 heavy (non-hydrogen) atoms. The van der Waals surface area contributed by atoms with E-state index < -0.39 is 8.24 Å². The van der Waals surface area contributed by atoms with Crippen LogP contribution in [-0.4, -0.2) is 38.5 Å². The van der Waals surface area contributed by atoms with Crippen molar-refractivity contribution in [3.63, 3.8) is 0 Å². The van der Waals surface area contributed by atoms with Gasteiger partial charge in [-0.1, -0.05) is 91.0 Å². The molecule has 0 aliphatic carbocycles. The van der Waals surface area contributed by atoms with E-state index in [1.54, 1.807) is 0 Å². The fraction of sp³-hybridized carbons (Fsp3) is 0.208. The molecule has 1 aliphatic heterocycles. The zero-order valence-electron chi connectivity index (χ0n) is 16.1. The quantitative estimate of drug-likeness (QED) is 0.382. The van der Waals surface area contributed by atoms with Crippen molar-refractivity contribution in [2.24, 2.45) is 0 Å². The number of hydrogen-bond acceptors (Lipinski definition) is 3. The summed E-state index contributed by atoms with van der Waals surface area (Å²) in [4.78, 5) is 12.1. The number of nitrogens with zero attached hydrogens (tertiary/aromatic N) is 1. The van der Waals surface area contributed by atoms with Gasteiger partial charge in [0, 0.05) is 6.04 Å². The van der Waals surface area contributed by atoms with Crippen LogP contribution < -0.4 is 15.6 Å². The van der Waals surface area contributed by atoms with Crippen molar-refractivity contribution in [3.8, 4) is 0 Å². The smallest absolute Gasteiger partial charge is 0.307 e. The maximum atomic E-state index is 12.1. The van der Waals surface area contributed by atoms with Crippen molar-refractivity contribution in [1.82, 2.24) is 4.57 Å². The van der Waals surface area contributed by atoms with Gasteiger partial charge < -0.3 is 9.30 Å². The summed E-state index contributed by atoms with van der Waals surface area (Å²) in [6, 6.07) is 32.5. The number of hydrogen-bond donors (Lipinski definition) is 0. The SMILES string of the molecule is CN(C1CCOC(=O)C1)[Si](c1ccccc1)(c1ccccc1)c1ccccc1. The highest BCUT2D eigenvalue weighted by molar-refractivity contribution is 7.09. The number of ether oxygens (including phenoxy) is 1. The van der Waals surface area contributed by atoms with Crippen LogP contribution in [0.2, 0.25) is 0 Å². The zero-order chi connectivity index (χ0) is 19.4. The highest BCUT2D eigenvalue weighted by Crippen LogP contribution is 2.21. The fourth-order valence-corrected chi connectivity index (χ4v) is 9.43. The summed E-state index contributed by atoms with van der Waals surface area (Å²) in [7, 11) is -0.322. The highest BCUT2D eigenvalue weighted by Gasteiger charge is 2.47. The van der Waals surface area contributed by atoms with E-state index in [0.29, 0.717) is 13.0 Å². The van der Waals surface area contributed by atoms with Gasteiger partial charge in [-0.15, -0.1) is 0 Å². The molecule has 3 aromatic carbocycles. The van der Waals surface area contributed by atoms with Crippen LogP contribution in [-0.2, 0) is 9.53 Å². The van der Waals surface area contributed by atoms with Gasteiger partial charge >= 0.3 is 5.97 Å². The van der Waals surface area contributed by atoms with E-state index in [0.717, 1.165) is 6.42 Å². The Hall–Kier alpha value is -2.69. The second-order valence-corrected chi connectivity index (χ2v) is 11.1. The number of cyclic esters (lactones) is 1. The van der Waals surface area contributed by atoms with Gasteiger partial charge in [-0.3, -0.25) is 4.79 Å². The van der Waals surface area contributed by atoms with Gasteiger partial charge in [-0.25, -0.2) is 0 Å². The molecule has 0 bridgehead atoms. The monoisotopic (exact) mass is 387 g/mol. The van der Waals surface area contributed by atoms with Crippen molar-refractivity contribution in [1.29, 1.82) is 0 Å². The average molecular weight is 388 g/mol. The standard InChI is InChI=1S/C24H25NO2Si/c1-25(20-17-18-27-24(26)19-20)28(21-11-5-2-6-12-21,22-13-7-3-8-14-22)23-15-9-4-10-16-23/h2-16,20H,17-19H2,1H3. The van der Waals surface area contributed by atoms with E-state index in [-0.39, 0.29) is 12.0 Å². The third kappa shape index (κ3) is 3.30. The molecule has 0 amide bonds. The molecule has 0 spiro atoms. The topological polar surface area (TPSA) is 29.5 Å². The summed E-state index contributed by atoms with van der Waals surface area (Å²) in [6.45, 7) is 0.497. The van der Waals surface area contributed by atoms with E-state index in [1.165, 1.54) is 15.6 Å². The molecule has 142 valence electrons. The minimum Gasteiger partial charge on any atom is -0.466 e. The first-order chi connectivity index (χ1) is 13.7. The maximum absolute atomic E-state index is 12.1. The molecule has 4 rings (SSSR count). The van der Waals surface area contributed by atoms with Crippen LogP contribution in [0.3, 0.4) is 0 Å². The summed E-state index contributed by atoms with van der Waals surface area (Å²) in [6.07, 6.45) is 1.31. The van der Waals surface area contributed by atoms with Gasteiger partial charge in [0.25, 0.3) is 0 Å². The molecule has 1 heterocycles. The van der Waals surface area contributed by atoms with Crippen LogP contribution in [0.5, 0.6) is 0 Å². The van der Waals surface area contributed by atoms with Gasteiger partial charge in [0.1, 0.15) is 0 Å². The van der Waals surface area contributed by atoms with E-state index in [4.69, 9.17) is 4.74 Å². The van der Waals surface area contributed by atoms with Gasteiger partial charge in [0.05, 0.1) is 13.0 Å². The summed E-state index contributed by atoms with van der Waals surface area (Å²) < 4.78 is 7.75. The number of rotatable bonds is 5. The molecule has 0 N–H and O–H groups in total. The van der Waals surface area contributed by atoms with Crippen molar-refractivity contribution < 1.29 is 9.53 Å². The van der Waals surface area contributed by atoms with Crippen LogP contribution in [0.1, 0.15) is 12.8 Å². The minimum atomic E-state index is -2.52. The summed E-state index contributed by atoms with van der Waals surface area (Å²) >= 11 is 0. The third-order valence-corrected chi connectivity index (χ3v) is 10.7. The molecule has 4 heteroatoms. The molecular weight excluding hydrogens is 362 g/mol. The van der Waals surface area contributed by atoms with Crippen molar-refractivity contribution in [2.75, 3.05) is 13.7 Å². The molecule has 1 aliphatic rings. The Kier molecular flexibility index (Phi) is 5.42. The molecule has 1 saturated heterocycles. The Bertz CT molecular complexity index is 818. The lowest BCUT2D eigenvalue weighted by molar-refractivity contribution is -0.148. The van der Waals surface area contributed by atoms with Crippen LogP contribution in [0, 0.1) is 0 Å². The van der Waals surface area contributed by atoms with E-state index in [1.807, 2.05) is 0 Å². The zero-order valence-corrected chi connectivity index (χ0v) is 17.1. The first kappa shape index (κ1) is 18.7. The largest absolute Gasteiger partial charge is 0.466 e. The van der Waals surface area contributed by atoms with Crippen molar-refractivity contribution in [3.05, 3.63) is 91.0 Å². The van der Waals surface area contributed by atoms with E-state index >= 15 is 0 Å². The average Bonchev–Trinajstić information content (AvgIpc) is 2.76. The molecule has 0 aromatic heterocycles. The molecule has 1 atom stereocenters. The maximum Gasteiger partial charge on any atom is 0.307 e. The second kappa shape index (κ2) is 8.13. The molecule has 3 aromatic rings. The summed E-state index contributed by atoms with van der Waals surface area (Å²) in [5.74, 6) is -0.0971. The number of benzene rings is 3. The van der Waals surface area contributed by atoms with Crippen LogP contribution in [0.15, 0.2) is 91.0 Å². The van der Waals surface area contributed by atoms with Crippen LogP contribution in [0.25, 0.3) is 0 Å². The van der Waals surface area contributed by atoms with E-state index in [9.17, 15) is 4.79 Å². The Labute approximate surface area is 167 Å². The molecular formula is C24H25NO2Si. The third-order valence-electron chi connectivity index (χ3n) is 5.77. The minimum absolute atomic E-state index is 0.0971. The lowest BCUT2D eigenvalue weighted by Gasteiger charge is -2.46. The Morgan fingerprint density at radius 3 is 1.61 bits per heavy atom. The van der Waals surface area contributed by atoms with Crippen molar-refractivity contribution in [2.45, 2.75) is 18.9 Å². The second-order valence-electron chi connectivity index (χ2n) is 7.29. The Morgan fingerprint density at radius 2 is 1.21 bits per heavy atom. The predicted octanol–water partition coefficient (Wildman–Crippen LogP) is 2.29. The van der Waals surface area contributed by atoms with Crippen molar-refractivity contribution >= 4 is 29.8 Å². The molecule has 0 saturated carbocycles. The first-order valence-corrected chi connectivity index (χ1v) is 11.7. The summed E-state index contributed by atoms with van der Waals surface area (Å²) in [5, 5.41) is 3.98. The Balaban J connectivity index is 1.97. The first-order valence-electron chi connectivity index (χ1n) is 9.78. The number of carbonyl (C=O) groups is 1. The highest BCUT2D eigenvalue weighted by atomic mass is 28.3. The molecule has 3 nitrogen and oxygen atoms in total. The van der Waals surface area contributed by atoms with Gasteiger partial charge in [0.2, 0.25) is 8.24 Å². The van der Waals surface area contributed by atoms with Gasteiger partial charge in [-0.2, -0.15) is 0 Å². The van der Waals surface area contributed by atoms with Gasteiger partial charge in [-0.05, 0) is 29.0 Å². The van der Waals surface area contributed by atoms with Gasteiger partial charge in [0.15, 0.2) is 0 Å². The summed E-state index contributed by atoms with van der Waals surface area (Å²) in [5.41, 5.74) is 0. The molecule has 1 unspecified atom stereocenters. The van der Waals surface area contributed by atoms with E-state index in [2.05, 4.69) is 103 Å². The normalized spacial score (nSPS) is 17.4. The van der Waals surface area contributed by atoms with Crippen LogP contribution in [0.4, 0.5) is 0 Å². The molecule has 0 radical (unpaired) electrons. The lowest BCUT2D eigenvalue weighted by Crippen LogP contribution is -2.78. The Morgan fingerprint density at radius 1 is 0.786 bits per heavy atom. The lowest BCUT2D eigenvalue weighted by atomic mass is 10.1. The number of carbonyl (C=O) groups excluding carboxylic acids is 1. The van der Waals surface area contributed by atoms with Crippen LogP contribution >= 0.6 is 0 Å². The predicted molar refractivity (Wildman–Crippen MR) is 116 cm³/mol. The number of esters is 1. The molecule has 1 fully saturated rings. The fourth-order valence-electron chi connectivity index (χ4n) is 4.42.